The third kappa shape index (κ3) is 3.03. The maximum atomic E-state index is 5.18. The van der Waals surface area contributed by atoms with E-state index in [0.29, 0.717) is 12.5 Å². The van der Waals surface area contributed by atoms with E-state index >= 15 is 0 Å². The number of aryl methyl sites for hydroxylation is 2. The number of rotatable bonds is 4. The van der Waals surface area contributed by atoms with Gasteiger partial charge in [-0.1, -0.05) is 31.4 Å². The van der Waals surface area contributed by atoms with E-state index in [1.54, 1.807) is 7.11 Å². The van der Waals surface area contributed by atoms with Crippen LogP contribution >= 0.6 is 0 Å². The standard InChI is InChI=1S/C23H27N3O2/c1-27-28-15-16-9-10-18-20(14-16)26-13-5-8-19-22(25-12-11-24-19)23(26)21(18)17-6-3-2-4-7-17/h9-12,14,17H,2-8,13,15H2,1H3. The van der Waals surface area contributed by atoms with Gasteiger partial charge in [0.2, 0.25) is 0 Å². The molecule has 146 valence electrons. The topological polar surface area (TPSA) is 49.2 Å². The molecule has 0 saturated heterocycles. The van der Waals surface area contributed by atoms with E-state index in [4.69, 9.17) is 14.8 Å². The number of benzene rings is 1. The van der Waals surface area contributed by atoms with Gasteiger partial charge in [-0.2, -0.15) is 0 Å². The molecule has 1 aliphatic heterocycles. The Kier molecular flexibility index (Phi) is 4.87. The van der Waals surface area contributed by atoms with Gasteiger partial charge in [0, 0.05) is 29.8 Å². The van der Waals surface area contributed by atoms with E-state index in [0.717, 1.165) is 36.3 Å². The average Bonchev–Trinajstić information content (AvgIpc) is 2.94. The number of hydrogen-bond acceptors (Lipinski definition) is 4. The lowest BCUT2D eigenvalue weighted by molar-refractivity contribution is -0.282. The van der Waals surface area contributed by atoms with Crippen LogP contribution in [0.15, 0.2) is 30.6 Å². The molecule has 2 aliphatic rings. The molecule has 2 aromatic heterocycles. The summed E-state index contributed by atoms with van der Waals surface area (Å²) >= 11 is 0. The van der Waals surface area contributed by atoms with Crippen molar-refractivity contribution in [2.75, 3.05) is 7.11 Å². The first-order valence-electron chi connectivity index (χ1n) is 10.5. The van der Waals surface area contributed by atoms with Crippen molar-refractivity contribution in [2.24, 2.45) is 0 Å². The van der Waals surface area contributed by atoms with Crippen LogP contribution in [0.2, 0.25) is 0 Å². The third-order valence-corrected chi connectivity index (χ3v) is 6.32. The summed E-state index contributed by atoms with van der Waals surface area (Å²) < 4.78 is 2.50. The summed E-state index contributed by atoms with van der Waals surface area (Å²) in [5, 5.41) is 1.38. The van der Waals surface area contributed by atoms with E-state index in [9.17, 15) is 0 Å². The third-order valence-electron chi connectivity index (χ3n) is 6.32. The lowest BCUT2D eigenvalue weighted by Crippen LogP contribution is -2.07. The van der Waals surface area contributed by atoms with Crippen molar-refractivity contribution in [1.82, 2.24) is 14.5 Å². The highest BCUT2D eigenvalue weighted by Crippen LogP contribution is 2.45. The first-order valence-corrected chi connectivity index (χ1v) is 10.5. The molecular weight excluding hydrogens is 350 g/mol. The molecule has 1 saturated carbocycles. The van der Waals surface area contributed by atoms with E-state index in [1.807, 2.05) is 12.4 Å². The minimum atomic E-state index is 0.460. The quantitative estimate of drug-likeness (QED) is 0.465. The zero-order valence-electron chi connectivity index (χ0n) is 16.5. The number of fused-ring (bicyclic) bond motifs is 5. The molecule has 5 heteroatoms. The molecule has 0 spiro atoms. The first-order chi connectivity index (χ1) is 13.9. The summed E-state index contributed by atoms with van der Waals surface area (Å²) in [5.41, 5.74) is 7.47. The second kappa shape index (κ2) is 7.64. The largest absolute Gasteiger partial charge is 0.339 e. The molecule has 5 nitrogen and oxygen atoms in total. The van der Waals surface area contributed by atoms with Gasteiger partial charge in [0.05, 0.1) is 18.5 Å². The minimum absolute atomic E-state index is 0.460. The highest BCUT2D eigenvalue weighted by molar-refractivity contribution is 5.93. The summed E-state index contributed by atoms with van der Waals surface area (Å²) in [4.78, 5) is 19.5. The Morgan fingerprint density at radius 2 is 1.93 bits per heavy atom. The van der Waals surface area contributed by atoms with Crippen molar-refractivity contribution in [3.05, 3.63) is 47.4 Å². The minimum Gasteiger partial charge on any atom is -0.339 e. The maximum Gasteiger partial charge on any atom is 0.108 e. The SMILES string of the molecule is COOCc1ccc2c(C3CCCCC3)c3n(c2c1)CCCc1nccnc1-3. The van der Waals surface area contributed by atoms with Gasteiger partial charge >= 0.3 is 0 Å². The van der Waals surface area contributed by atoms with Crippen molar-refractivity contribution in [3.63, 3.8) is 0 Å². The van der Waals surface area contributed by atoms with Crippen LogP contribution < -0.4 is 0 Å². The van der Waals surface area contributed by atoms with Gasteiger partial charge in [-0.3, -0.25) is 9.97 Å². The molecule has 1 aliphatic carbocycles. The van der Waals surface area contributed by atoms with Gasteiger partial charge in [0.25, 0.3) is 0 Å². The van der Waals surface area contributed by atoms with Crippen LogP contribution in [-0.4, -0.2) is 21.6 Å². The molecule has 0 amide bonds. The number of aromatic nitrogens is 3. The molecule has 1 fully saturated rings. The lowest BCUT2D eigenvalue weighted by atomic mass is 9.82. The van der Waals surface area contributed by atoms with Gasteiger partial charge in [0.1, 0.15) is 12.3 Å². The van der Waals surface area contributed by atoms with E-state index in [1.165, 1.54) is 54.3 Å². The summed E-state index contributed by atoms with van der Waals surface area (Å²) in [6.45, 7) is 1.47. The fraction of sp³-hybridized carbons (Fsp3) is 0.478. The average molecular weight is 377 g/mol. The fourth-order valence-corrected chi connectivity index (χ4v) is 5.08. The first kappa shape index (κ1) is 17.8. The van der Waals surface area contributed by atoms with Crippen molar-refractivity contribution < 1.29 is 9.78 Å². The normalized spacial score (nSPS) is 17.3. The Hall–Kier alpha value is -2.24. The van der Waals surface area contributed by atoms with Crippen molar-refractivity contribution in [1.29, 1.82) is 0 Å². The molecule has 0 bridgehead atoms. The zero-order valence-corrected chi connectivity index (χ0v) is 16.5. The molecular formula is C23H27N3O2. The Morgan fingerprint density at radius 3 is 2.79 bits per heavy atom. The van der Waals surface area contributed by atoms with Crippen LogP contribution in [0.1, 0.15) is 61.3 Å². The zero-order chi connectivity index (χ0) is 18.9. The van der Waals surface area contributed by atoms with Gasteiger partial charge in [-0.05, 0) is 48.8 Å². The lowest BCUT2D eigenvalue weighted by Gasteiger charge is -2.23. The Morgan fingerprint density at radius 1 is 1.07 bits per heavy atom. The smallest absolute Gasteiger partial charge is 0.108 e. The predicted molar refractivity (Wildman–Crippen MR) is 109 cm³/mol. The Labute approximate surface area is 165 Å². The number of hydrogen-bond donors (Lipinski definition) is 0. The van der Waals surface area contributed by atoms with Crippen molar-refractivity contribution >= 4 is 10.9 Å². The molecule has 3 aromatic rings. The summed E-state index contributed by atoms with van der Waals surface area (Å²) in [6.07, 6.45) is 12.3. The predicted octanol–water partition coefficient (Wildman–Crippen LogP) is 5.17. The van der Waals surface area contributed by atoms with E-state index in [2.05, 4.69) is 27.8 Å². The summed E-state index contributed by atoms with van der Waals surface area (Å²) in [5.74, 6) is 0.613. The molecule has 1 aromatic carbocycles. The molecule has 0 radical (unpaired) electrons. The molecule has 0 unspecified atom stereocenters. The van der Waals surface area contributed by atoms with E-state index < -0.39 is 0 Å². The van der Waals surface area contributed by atoms with Gasteiger partial charge in [-0.25, -0.2) is 9.78 Å². The second-order valence-corrected chi connectivity index (χ2v) is 7.98. The van der Waals surface area contributed by atoms with Crippen LogP contribution in [0.5, 0.6) is 0 Å². The molecule has 0 N–H and O–H groups in total. The molecule has 5 rings (SSSR count). The second-order valence-electron chi connectivity index (χ2n) is 7.98. The van der Waals surface area contributed by atoms with Gasteiger partial charge in [0.15, 0.2) is 0 Å². The van der Waals surface area contributed by atoms with Crippen LogP contribution in [0.3, 0.4) is 0 Å². The van der Waals surface area contributed by atoms with Gasteiger partial charge < -0.3 is 4.57 Å². The summed E-state index contributed by atoms with van der Waals surface area (Å²) in [7, 11) is 1.55. The van der Waals surface area contributed by atoms with Gasteiger partial charge in [-0.15, -0.1) is 0 Å². The highest BCUT2D eigenvalue weighted by Gasteiger charge is 2.29. The highest BCUT2D eigenvalue weighted by atomic mass is 17.2. The van der Waals surface area contributed by atoms with Crippen LogP contribution in [0.25, 0.3) is 22.3 Å². The Balaban J connectivity index is 1.75. The molecule has 0 atom stereocenters. The fourth-order valence-electron chi connectivity index (χ4n) is 5.08. The van der Waals surface area contributed by atoms with Crippen LogP contribution in [-0.2, 0) is 29.3 Å². The molecule has 3 heterocycles. The van der Waals surface area contributed by atoms with E-state index in [-0.39, 0.29) is 0 Å². The van der Waals surface area contributed by atoms with Crippen LogP contribution in [0, 0.1) is 0 Å². The Bertz CT molecular complexity index is 989. The monoisotopic (exact) mass is 377 g/mol. The number of nitrogens with zero attached hydrogens (tertiary/aromatic N) is 3. The summed E-state index contributed by atoms with van der Waals surface area (Å²) in [6, 6.07) is 6.72. The molecule has 28 heavy (non-hydrogen) atoms. The van der Waals surface area contributed by atoms with Crippen LogP contribution in [0.4, 0.5) is 0 Å². The van der Waals surface area contributed by atoms with Crippen molar-refractivity contribution in [3.8, 4) is 11.4 Å². The maximum absolute atomic E-state index is 5.18. The van der Waals surface area contributed by atoms with Crippen molar-refractivity contribution in [2.45, 2.75) is 64.0 Å².